The predicted octanol–water partition coefficient (Wildman–Crippen LogP) is 2.09. The zero-order chi connectivity index (χ0) is 13.2. The average Bonchev–Trinajstić information content (AvgIpc) is 2.31. The van der Waals surface area contributed by atoms with Crippen molar-refractivity contribution in [2.45, 2.75) is 25.8 Å². The summed E-state index contributed by atoms with van der Waals surface area (Å²) in [6.45, 7) is 6.69. The quantitative estimate of drug-likeness (QED) is 0.889. The SMILES string of the molecule is CC1(C)CNCCN1C(=O)Cc1ccc(Cl)cc1. The van der Waals surface area contributed by atoms with Gasteiger partial charge in [0.2, 0.25) is 5.91 Å². The molecule has 0 radical (unpaired) electrons. The molecule has 2 rings (SSSR count). The molecule has 1 saturated heterocycles. The van der Waals surface area contributed by atoms with E-state index >= 15 is 0 Å². The summed E-state index contributed by atoms with van der Waals surface area (Å²) in [7, 11) is 0. The van der Waals surface area contributed by atoms with Crippen LogP contribution in [0, 0.1) is 0 Å². The van der Waals surface area contributed by atoms with E-state index in [1.807, 2.05) is 29.2 Å². The lowest BCUT2D eigenvalue weighted by Crippen LogP contribution is -2.60. The first kappa shape index (κ1) is 13.4. The summed E-state index contributed by atoms with van der Waals surface area (Å²) < 4.78 is 0. The summed E-state index contributed by atoms with van der Waals surface area (Å²) in [6.07, 6.45) is 0.445. The number of nitrogens with zero attached hydrogens (tertiary/aromatic N) is 1. The molecule has 0 bridgehead atoms. The summed E-state index contributed by atoms with van der Waals surface area (Å²) in [6, 6.07) is 7.48. The van der Waals surface area contributed by atoms with Crippen LogP contribution in [0.15, 0.2) is 24.3 Å². The van der Waals surface area contributed by atoms with Crippen molar-refractivity contribution in [3.8, 4) is 0 Å². The molecule has 1 aromatic carbocycles. The van der Waals surface area contributed by atoms with Crippen LogP contribution in [0.3, 0.4) is 0 Å². The van der Waals surface area contributed by atoms with E-state index in [-0.39, 0.29) is 11.4 Å². The lowest BCUT2D eigenvalue weighted by Gasteiger charge is -2.43. The van der Waals surface area contributed by atoms with Crippen LogP contribution in [0.1, 0.15) is 19.4 Å². The lowest BCUT2D eigenvalue weighted by atomic mass is 9.99. The Morgan fingerprint density at radius 2 is 2.06 bits per heavy atom. The van der Waals surface area contributed by atoms with Crippen molar-refractivity contribution in [2.75, 3.05) is 19.6 Å². The third-order valence-corrected chi connectivity index (χ3v) is 3.62. The van der Waals surface area contributed by atoms with Gasteiger partial charge in [-0.1, -0.05) is 23.7 Å². The second-order valence-corrected chi connectivity index (χ2v) is 5.77. The van der Waals surface area contributed by atoms with Crippen LogP contribution in [0.25, 0.3) is 0 Å². The minimum absolute atomic E-state index is 0.109. The number of halogens is 1. The molecule has 0 saturated carbocycles. The first-order chi connectivity index (χ1) is 8.49. The van der Waals surface area contributed by atoms with Gasteiger partial charge >= 0.3 is 0 Å². The van der Waals surface area contributed by atoms with Crippen LogP contribution in [-0.4, -0.2) is 36.0 Å². The van der Waals surface area contributed by atoms with Gasteiger partial charge in [0.25, 0.3) is 0 Å². The number of carbonyl (C=O) groups excluding carboxylic acids is 1. The van der Waals surface area contributed by atoms with Crippen molar-refractivity contribution < 1.29 is 4.79 Å². The van der Waals surface area contributed by atoms with Gasteiger partial charge in [-0.3, -0.25) is 4.79 Å². The van der Waals surface area contributed by atoms with E-state index in [0.717, 1.165) is 25.2 Å². The molecule has 0 aliphatic carbocycles. The number of carbonyl (C=O) groups is 1. The van der Waals surface area contributed by atoms with E-state index in [1.165, 1.54) is 0 Å². The van der Waals surface area contributed by atoms with E-state index in [2.05, 4.69) is 19.2 Å². The van der Waals surface area contributed by atoms with Crippen LogP contribution in [-0.2, 0) is 11.2 Å². The maximum Gasteiger partial charge on any atom is 0.227 e. The maximum atomic E-state index is 12.3. The van der Waals surface area contributed by atoms with E-state index in [9.17, 15) is 4.79 Å². The summed E-state index contributed by atoms with van der Waals surface area (Å²) in [5, 5.41) is 4.02. The number of nitrogens with one attached hydrogen (secondary N) is 1. The van der Waals surface area contributed by atoms with E-state index in [0.29, 0.717) is 11.4 Å². The number of hydrogen-bond donors (Lipinski definition) is 1. The van der Waals surface area contributed by atoms with Gasteiger partial charge < -0.3 is 10.2 Å². The van der Waals surface area contributed by atoms with Gasteiger partial charge in [-0.05, 0) is 31.5 Å². The second kappa shape index (κ2) is 5.29. The Labute approximate surface area is 113 Å². The van der Waals surface area contributed by atoms with E-state index < -0.39 is 0 Å². The fraction of sp³-hybridized carbons (Fsp3) is 0.500. The normalized spacial score (nSPS) is 18.7. The number of benzene rings is 1. The molecule has 0 unspecified atom stereocenters. The zero-order valence-corrected chi connectivity index (χ0v) is 11.6. The molecule has 1 fully saturated rings. The first-order valence-corrected chi connectivity index (χ1v) is 6.62. The molecule has 1 aromatic rings. The standard InChI is InChI=1S/C14H19ClN2O/c1-14(2)10-16-7-8-17(14)13(18)9-11-3-5-12(15)6-4-11/h3-6,16H,7-10H2,1-2H3. The minimum atomic E-state index is -0.109. The van der Waals surface area contributed by atoms with Gasteiger partial charge in [0, 0.05) is 30.2 Å². The van der Waals surface area contributed by atoms with Crippen LogP contribution < -0.4 is 5.32 Å². The number of hydrogen-bond acceptors (Lipinski definition) is 2. The first-order valence-electron chi connectivity index (χ1n) is 6.25. The van der Waals surface area contributed by atoms with Crippen LogP contribution in [0.2, 0.25) is 5.02 Å². The molecule has 4 heteroatoms. The molecule has 98 valence electrons. The molecular weight excluding hydrogens is 248 g/mol. The van der Waals surface area contributed by atoms with Gasteiger partial charge in [-0.15, -0.1) is 0 Å². The Morgan fingerprint density at radius 3 is 2.67 bits per heavy atom. The molecule has 1 N–H and O–H groups in total. The molecule has 1 aliphatic heterocycles. The van der Waals surface area contributed by atoms with E-state index in [4.69, 9.17) is 11.6 Å². The van der Waals surface area contributed by atoms with E-state index in [1.54, 1.807) is 0 Å². The predicted molar refractivity (Wildman–Crippen MR) is 73.8 cm³/mol. The largest absolute Gasteiger partial charge is 0.335 e. The highest BCUT2D eigenvalue weighted by atomic mass is 35.5. The van der Waals surface area contributed by atoms with Crippen molar-refractivity contribution >= 4 is 17.5 Å². The third kappa shape index (κ3) is 3.03. The Kier molecular flexibility index (Phi) is 3.93. The average molecular weight is 267 g/mol. The second-order valence-electron chi connectivity index (χ2n) is 5.34. The molecule has 1 amide bonds. The minimum Gasteiger partial charge on any atom is -0.335 e. The molecule has 1 heterocycles. The topological polar surface area (TPSA) is 32.3 Å². The Hall–Kier alpha value is -1.06. The van der Waals surface area contributed by atoms with Crippen LogP contribution in [0.5, 0.6) is 0 Å². The third-order valence-electron chi connectivity index (χ3n) is 3.37. The van der Waals surface area contributed by atoms with Crippen molar-refractivity contribution in [2.24, 2.45) is 0 Å². The highest BCUT2D eigenvalue weighted by molar-refractivity contribution is 6.30. The fourth-order valence-electron chi connectivity index (χ4n) is 2.32. The fourth-order valence-corrected chi connectivity index (χ4v) is 2.44. The Balaban J connectivity index is 2.05. The molecule has 0 aromatic heterocycles. The van der Waals surface area contributed by atoms with Gasteiger partial charge in [-0.25, -0.2) is 0 Å². The number of piperazine rings is 1. The van der Waals surface area contributed by atoms with Gasteiger partial charge in [-0.2, -0.15) is 0 Å². The molecular formula is C14H19ClN2O. The summed E-state index contributed by atoms with van der Waals surface area (Å²) >= 11 is 5.84. The maximum absolute atomic E-state index is 12.3. The molecule has 0 atom stereocenters. The van der Waals surface area contributed by atoms with Crippen molar-refractivity contribution in [3.05, 3.63) is 34.9 Å². The molecule has 3 nitrogen and oxygen atoms in total. The Bertz CT molecular complexity index is 428. The molecule has 1 aliphatic rings. The van der Waals surface area contributed by atoms with Crippen molar-refractivity contribution in [1.82, 2.24) is 10.2 Å². The van der Waals surface area contributed by atoms with Crippen molar-refractivity contribution in [1.29, 1.82) is 0 Å². The Morgan fingerprint density at radius 1 is 1.39 bits per heavy atom. The van der Waals surface area contributed by atoms with Crippen molar-refractivity contribution in [3.63, 3.8) is 0 Å². The molecule has 0 spiro atoms. The highest BCUT2D eigenvalue weighted by Crippen LogP contribution is 2.18. The number of rotatable bonds is 2. The summed E-state index contributed by atoms with van der Waals surface area (Å²) in [5.74, 6) is 0.184. The van der Waals surface area contributed by atoms with Gasteiger partial charge in [0.05, 0.1) is 6.42 Å². The van der Waals surface area contributed by atoms with Crippen LogP contribution >= 0.6 is 11.6 Å². The van der Waals surface area contributed by atoms with Crippen LogP contribution in [0.4, 0.5) is 0 Å². The molecule has 18 heavy (non-hydrogen) atoms. The zero-order valence-electron chi connectivity index (χ0n) is 10.9. The summed E-state index contributed by atoms with van der Waals surface area (Å²) in [5.41, 5.74) is 0.903. The summed E-state index contributed by atoms with van der Waals surface area (Å²) in [4.78, 5) is 14.3. The highest BCUT2D eigenvalue weighted by Gasteiger charge is 2.32. The smallest absolute Gasteiger partial charge is 0.227 e. The van der Waals surface area contributed by atoms with Gasteiger partial charge in [0.1, 0.15) is 0 Å². The van der Waals surface area contributed by atoms with Gasteiger partial charge in [0.15, 0.2) is 0 Å². The monoisotopic (exact) mass is 266 g/mol. The lowest BCUT2D eigenvalue weighted by molar-refractivity contribution is -0.136. The number of amides is 1.